The molecule has 2 N–H and O–H groups in total. The van der Waals surface area contributed by atoms with E-state index >= 15 is 0 Å². The predicted octanol–water partition coefficient (Wildman–Crippen LogP) is 3.67. The Hall–Kier alpha value is -3.69. The van der Waals surface area contributed by atoms with Gasteiger partial charge in [0.15, 0.2) is 0 Å². The summed E-state index contributed by atoms with van der Waals surface area (Å²) in [5.74, 6) is -0.858. The average Bonchev–Trinajstić information content (AvgIpc) is 3.41. The lowest BCUT2D eigenvalue weighted by Gasteiger charge is -2.22. The van der Waals surface area contributed by atoms with Gasteiger partial charge in [-0.2, -0.15) is 0 Å². The van der Waals surface area contributed by atoms with E-state index in [1.807, 2.05) is 0 Å². The number of nitrogens with zero attached hydrogens (tertiary/aromatic N) is 1. The molecule has 3 aromatic rings. The maximum atomic E-state index is 13.3. The summed E-state index contributed by atoms with van der Waals surface area (Å²) < 4.78 is 32.9. The van der Waals surface area contributed by atoms with E-state index in [0.29, 0.717) is 24.4 Å². The van der Waals surface area contributed by atoms with Gasteiger partial charge in [0.2, 0.25) is 0 Å². The minimum atomic E-state index is -3.88. The highest BCUT2D eigenvalue weighted by molar-refractivity contribution is 7.92. The van der Waals surface area contributed by atoms with Gasteiger partial charge in [-0.3, -0.25) is 13.9 Å². The molecular weight excluding hydrogens is 466 g/mol. The normalized spacial score (nSPS) is 15.4. The molecule has 0 bridgehead atoms. The minimum Gasteiger partial charge on any atom is -0.376 e. The quantitative estimate of drug-likeness (QED) is 0.498. The van der Waals surface area contributed by atoms with E-state index in [4.69, 9.17) is 4.74 Å². The summed E-state index contributed by atoms with van der Waals surface area (Å²) in [6.45, 7) is 1.09. The van der Waals surface area contributed by atoms with Crippen LogP contribution >= 0.6 is 0 Å². The lowest BCUT2D eigenvalue weighted by atomic mass is 10.1. The highest BCUT2D eigenvalue weighted by Crippen LogP contribution is 2.27. The zero-order valence-electron chi connectivity index (χ0n) is 19.3. The molecule has 0 radical (unpaired) electrons. The first-order chi connectivity index (χ1) is 16.9. The summed E-state index contributed by atoms with van der Waals surface area (Å²) >= 11 is 0. The first-order valence-electron chi connectivity index (χ1n) is 11.3. The Bertz CT molecular complexity index is 1310. The lowest BCUT2D eigenvalue weighted by molar-refractivity contribution is 0.0858. The third kappa shape index (κ3) is 5.52. The molecule has 2 amide bonds. The van der Waals surface area contributed by atoms with Crippen molar-refractivity contribution >= 4 is 33.2 Å². The first-order valence-corrected chi connectivity index (χ1v) is 12.7. The monoisotopic (exact) mass is 493 g/mol. The number of anilines is 2. The molecular formula is C26H27N3O5S. The van der Waals surface area contributed by atoms with E-state index in [2.05, 4.69) is 10.6 Å². The fraction of sp³-hybridized carbons (Fsp3) is 0.231. The van der Waals surface area contributed by atoms with E-state index in [1.54, 1.807) is 66.7 Å². The molecule has 0 spiro atoms. The highest BCUT2D eigenvalue weighted by Gasteiger charge is 2.25. The zero-order valence-corrected chi connectivity index (χ0v) is 20.1. The number of hydrogen-bond donors (Lipinski definition) is 2. The van der Waals surface area contributed by atoms with Gasteiger partial charge in [0.05, 0.1) is 33.5 Å². The minimum absolute atomic E-state index is 0.00492. The van der Waals surface area contributed by atoms with Crippen LogP contribution < -0.4 is 14.9 Å². The molecule has 0 aromatic heterocycles. The first kappa shape index (κ1) is 24.4. The van der Waals surface area contributed by atoms with Crippen molar-refractivity contribution in [2.75, 3.05) is 29.8 Å². The van der Waals surface area contributed by atoms with Crippen molar-refractivity contribution in [3.63, 3.8) is 0 Å². The van der Waals surface area contributed by atoms with Crippen molar-refractivity contribution in [1.29, 1.82) is 0 Å². The number of sulfonamides is 1. The zero-order chi connectivity index (χ0) is 24.8. The molecule has 35 heavy (non-hydrogen) atoms. The molecule has 1 atom stereocenters. The number of ether oxygens (including phenoxy) is 1. The van der Waals surface area contributed by atoms with Crippen LogP contribution in [0.4, 0.5) is 11.4 Å². The number of hydrogen-bond acceptors (Lipinski definition) is 5. The van der Waals surface area contributed by atoms with Gasteiger partial charge in [0.1, 0.15) is 0 Å². The summed E-state index contributed by atoms with van der Waals surface area (Å²) in [7, 11) is -2.48. The Kier molecular flexibility index (Phi) is 7.48. The van der Waals surface area contributed by atoms with Crippen LogP contribution in [0.2, 0.25) is 0 Å². The Labute approximate surface area is 205 Å². The number of para-hydroxylation sites is 2. The van der Waals surface area contributed by atoms with Gasteiger partial charge >= 0.3 is 0 Å². The third-order valence-corrected chi connectivity index (χ3v) is 7.61. The summed E-state index contributed by atoms with van der Waals surface area (Å²) in [6.07, 6.45) is 1.87. The van der Waals surface area contributed by atoms with Crippen molar-refractivity contribution in [3.05, 3.63) is 90.0 Å². The third-order valence-electron chi connectivity index (χ3n) is 5.82. The number of carbonyl (C=O) groups is 2. The lowest BCUT2D eigenvalue weighted by Crippen LogP contribution is -2.32. The van der Waals surface area contributed by atoms with Gasteiger partial charge in [-0.25, -0.2) is 8.42 Å². The molecule has 1 saturated heterocycles. The van der Waals surface area contributed by atoms with Crippen molar-refractivity contribution in [2.24, 2.45) is 0 Å². The Morgan fingerprint density at radius 1 is 0.914 bits per heavy atom. The molecule has 0 unspecified atom stereocenters. The largest absolute Gasteiger partial charge is 0.376 e. The van der Waals surface area contributed by atoms with Gasteiger partial charge in [-0.1, -0.05) is 42.5 Å². The fourth-order valence-corrected chi connectivity index (χ4v) is 5.14. The van der Waals surface area contributed by atoms with Gasteiger partial charge in [-0.05, 0) is 49.2 Å². The molecule has 0 saturated carbocycles. The van der Waals surface area contributed by atoms with E-state index in [0.717, 1.165) is 17.1 Å². The molecule has 3 aromatic carbocycles. The average molecular weight is 494 g/mol. The van der Waals surface area contributed by atoms with E-state index < -0.39 is 15.9 Å². The molecule has 9 heteroatoms. The number of benzene rings is 3. The van der Waals surface area contributed by atoms with Gasteiger partial charge in [0, 0.05) is 20.2 Å². The molecule has 4 rings (SSSR count). The van der Waals surface area contributed by atoms with Crippen molar-refractivity contribution < 1.29 is 22.7 Å². The summed E-state index contributed by atoms with van der Waals surface area (Å²) in [5, 5.41) is 5.63. The smallest absolute Gasteiger partial charge is 0.264 e. The highest BCUT2D eigenvalue weighted by atomic mass is 32.2. The Morgan fingerprint density at radius 3 is 2.29 bits per heavy atom. The van der Waals surface area contributed by atoms with Gasteiger partial charge in [0.25, 0.3) is 21.8 Å². The summed E-state index contributed by atoms with van der Waals surface area (Å²) in [4.78, 5) is 26.2. The van der Waals surface area contributed by atoms with Crippen LogP contribution in [0, 0.1) is 0 Å². The SMILES string of the molecule is CN(c1ccccc1C(=O)Nc1ccccc1C(=O)NC[C@@H]1CCCO1)S(=O)(=O)c1ccccc1. The molecule has 1 fully saturated rings. The topological polar surface area (TPSA) is 105 Å². The van der Waals surface area contributed by atoms with E-state index in [9.17, 15) is 18.0 Å². The maximum Gasteiger partial charge on any atom is 0.264 e. The van der Waals surface area contributed by atoms with Crippen LogP contribution in [0.15, 0.2) is 83.8 Å². The number of rotatable bonds is 8. The van der Waals surface area contributed by atoms with Crippen LogP contribution in [-0.4, -0.2) is 46.5 Å². The van der Waals surface area contributed by atoms with Gasteiger partial charge < -0.3 is 15.4 Å². The number of amides is 2. The Balaban J connectivity index is 1.55. The summed E-state index contributed by atoms with van der Waals surface area (Å²) in [6, 6.07) is 21.1. The second-order valence-corrected chi connectivity index (χ2v) is 10.1. The molecule has 1 aliphatic heterocycles. The molecule has 1 heterocycles. The van der Waals surface area contributed by atoms with Crippen LogP contribution in [0.25, 0.3) is 0 Å². The van der Waals surface area contributed by atoms with Crippen molar-refractivity contribution in [2.45, 2.75) is 23.8 Å². The second-order valence-electron chi connectivity index (χ2n) is 8.15. The van der Waals surface area contributed by atoms with Crippen molar-refractivity contribution in [1.82, 2.24) is 5.32 Å². The van der Waals surface area contributed by atoms with Crippen LogP contribution in [-0.2, 0) is 14.8 Å². The van der Waals surface area contributed by atoms with Crippen LogP contribution in [0.1, 0.15) is 33.6 Å². The van der Waals surface area contributed by atoms with Crippen molar-refractivity contribution in [3.8, 4) is 0 Å². The standard InChI is InChI=1S/C26H27N3O5S/c1-29(35(32,33)20-11-3-2-4-12-20)24-16-8-6-14-22(24)26(31)28-23-15-7-5-13-21(23)25(30)27-18-19-10-9-17-34-19/h2-8,11-16,19H,9-10,17-18H2,1H3,(H,27,30)(H,28,31)/t19-/m0/s1. The molecule has 182 valence electrons. The van der Waals surface area contributed by atoms with Crippen LogP contribution in [0.5, 0.6) is 0 Å². The second kappa shape index (κ2) is 10.7. The fourth-order valence-electron chi connectivity index (χ4n) is 3.91. The summed E-state index contributed by atoms with van der Waals surface area (Å²) in [5.41, 5.74) is 1.01. The molecule has 8 nitrogen and oxygen atoms in total. The molecule has 0 aliphatic carbocycles. The van der Waals surface area contributed by atoms with E-state index in [-0.39, 0.29) is 28.2 Å². The molecule has 1 aliphatic rings. The maximum absolute atomic E-state index is 13.3. The number of nitrogens with one attached hydrogen (secondary N) is 2. The van der Waals surface area contributed by atoms with E-state index in [1.165, 1.54) is 19.2 Å². The number of carbonyl (C=O) groups excluding carboxylic acids is 2. The van der Waals surface area contributed by atoms with Gasteiger partial charge in [-0.15, -0.1) is 0 Å². The Morgan fingerprint density at radius 2 is 1.57 bits per heavy atom. The predicted molar refractivity (Wildman–Crippen MR) is 134 cm³/mol. The van der Waals surface area contributed by atoms with Crippen LogP contribution in [0.3, 0.4) is 0 Å².